The Morgan fingerprint density at radius 2 is 1.90 bits per heavy atom. The lowest BCUT2D eigenvalue weighted by Gasteiger charge is -2.14. The minimum absolute atomic E-state index is 0.0443. The van der Waals surface area contributed by atoms with E-state index in [0.717, 1.165) is 12.1 Å². The topological polar surface area (TPSA) is 46.2 Å². The van der Waals surface area contributed by atoms with Gasteiger partial charge in [0.15, 0.2) is 5.82 Å². The zero-order valence-corrected chi connectivity index (χ0v) is 14.0. The summed E-state index contributed by atoms with van der Waals surface area (Å²) in [5, 5.41) is -1.11. The van der Waals surface area contributed by atoms with Crippen LogP contribution >= 0.6 is 34.8 Å². The summed E-state index contributed by atoms with van der Waals surface area (Å²) in [6, 6.07) is 2.30. The van der Waals surface area contributed by atoms with Crippen molar-refractivity contribution in [2.45, 2.75) is 30.5 Å². The lowest BCUT2D eigenvalue weighted by molar-refractivity contribution is 0.543. The Hall–Kier alpha value is -0.0700. The minimum Gasteiger partial charge on any atom is -0.210 e. The lowest BCUT2D eigenvalue weighted by atomic mass is 10.1. The molecule has 0 aliphatic heterocycles. The average Bonchev–Trinajstić information content (AvgIpc) is 2.32. The van der Waals surface area contributed by atoms with E-state index in [9.17, 15) is 12.8 Å². The van der Waals surface area contributed by atoms with Crippen LogP contribution in [0.15, 0.2) is 17.0 Å². The van der Waals surface area contributed by atoms with Crippen LogP contribution in [0.25, 0.3) is 0 Å². The highest BCUT2D eigenvalue weighted by molar-refractivity contribution is 7.89. The Kier molecular flexibility index (Phi) is 6.54. The monoisotopic (exact) mass is 361 g/mol. The molecule has 0 aliphatic carbocycles. The second-order valence-corrected chi connectivity index (χ2v) is 7.89. The normalized spacial score (nSPS) is 13.8. The van der Waals surface area contributed by atoms with Gasteiger partial charge in [0.05, 0.1) is 10.0 Å². The van der Waals surface area contributed by atoms with Crippen LogP contribution in [0.3, 0.4) is 0 Å². The van der Waals surface area contributed by atoms with Gasteiger partial charge in [0.2, 0.25) is 10.0 Å². The van der Waals surface area contributed by atoms with Crippen LogP contribution < -0.4 is 4.72 Å². The first-order valence-corrected chi connectivity index (χ1v) is 8.60. The zero-order chi connectivity index (χ0) is 15.5. The van der Waals surface area contributed by atoms with Gasteiger partial charge in [-0.25, -0.2) is 17.5 Å². The summed E-state index contributed by atoms with van der Waals surface area (Å²) in [5.41, 5.74) is 0. The van der Waals surface area contributed by atoms with Crippen molar-refractivity contribution < 1.29 is 12.8 Å². The first-order chi connectivity index (χ1) is 9.15. The highest BCUT2D eigenvalue weighted by Gasteiger charge is 2.22. The van der Waals surface area contributed by atoms with Crippen LogP contribution in [-0.4, -0.2) is 20.3 Å². The molecule has 8 heteroatoms. The Labute approximate surface area is 133 Å². The average molecular weight is 363 g/mol. The number of benzene rings is 1. The molecule has 0 saturated heterocycles. The van der Waals surface area contributed by atoms with Crippen molar-refractivity contribution in [2.24, 2.45) is 5.92 Å². The number of rotatable bonds is 6. The maximum atomic E-state index is 13.5. The van der Waals surface area contributed by atoms with E-state index in [-0.39, 0.29) is 21.8 Å². The van der Waals surface area contributed by atoms with Crippen LogP contribution in [0.4, 0.5) is 4.39 Å². The summed E-state index contributed by atoms with van der Waals surface area (Å²) in [4.78, 5) is -0.352. The molecule has 1 unspecified atom stereocenters. The molecule has 0 radical (unpaired) electrons. The Bertz CT molecular complexity index is 578. The van der Waals surface area contributed by atoms with E-state index in [1.807, 2.05) is 13.8 Å². The van der Waals surface area contributed by atoms with Gasteiger partial charge in [-0.1, -0.05) is 37.0 Å². The van der Waals surface area contributed by atoms with E-state index >= 15 is 0 Å². The molecule has 0 fully saturated rings. The van der Waals surface area contributed by atoms with Gasteiger partial charge >= 0.3 is 0 Å². The van der Waals surface area contributed by atoms with Gasteiger partial charge < -0.3 is 0 Å². The van der Waals surface area contributed by atoms with Crippen molar-refractivity contribution >= 4 is 44.8 Å². The molecule has 114 valence electrons. The summed E-state index contributed by atoms with van der Waals surface area (Å²) in [5.74, 6) is -0.612. The molecular formula is C12H15Cl3FNO2S. The molecule has 1 atom stereocenters. The summed E-state index contributed by atoms with van der Waals surface area (Å²) < 4.78 is 39.9. The van der Waals surface area contributed by atoms with Gasteiger partial charge in [-0.3, -0.25) is 0 Å². The summed E-state index contributed by atoms with van der Waals surface area (Å²) in [6.07, 6.45) is 0.660. The van der Waals surface area contributed by atoms with Gasteiger partial charge in [-0.05, 0) is 24.5 Å². The lowest BCUT2D eigenvalue weighted by Crippen LogP contribution is -2.30. The van der Waals surface area contributed by atoms with E-state index < -0.39 is 20.9 Å². The van der Waals surface area contributed by atoms with Crippen molar-refractivity contribution in [3.05, 3.63) is 28.0 Å². The second kappa shape index (κ2) is 7.27. The standard InChI is InChI=1S/C12H15Cl3FNO2S/c1-7(2)5-8(13)6-17-20(18,19)10-4-3-9(14)12(16)11(10)15/h3-4,7-8,17H,5-6H2,1-2H3. The molecule has 0 aliphatic rings. The third-order valence-corrected chi connectivity index (χ3v) is 5.08. The molecule has 0 amide bonds. The largest absolute Gasteiger partial charge is 0.242 e. The highest BCUT2D eigenvalue weighted by Crippen LogP contribution is 2.29. The fraction of sp³-hybridized carbons (Fsp3) is 0.500. The quantitative estimate of drug-likeness (QED) is 0.612. The number of alkyl halides is 1. The van der Waals surface area contributed by atoms with Gasteiger partial charge in [0.1, 0.15) is 4.90 Å². The van der Waals surface area contributed by atoms with E-state index in [4.69, 9.17) is 34.8 Å². The van der Waals surface area contributed by atoms with E-state index in [0.29, 0.717) is 12.3 Å². The van der Waals surface area contributed by atoms with Crippen molar-refractivity contribution in [2.75, 3.05) is 6.54 Å². The van der Waals surface area contributed by atoms with Crippen molar-refractivity contribution in [3.63, 3.8) is 0 Å². The van der Waals surface area contributed by atoms with Gasteiger partial charge in [-0.15, -0.1) is 11.6 Å². The molecule has 0 heterocycles. The Morgan fingerprint density at radius 1 is 1.30 bits per heavy atom. The van der Waals surface area contributed by atoms with Crippen LogP contribution in [0.5, 0.6) is 0 Å². The smallest absolute Gasteiger partial charge is 0.210 e. The van der Waals surface area contributed by atoms with Gasteiger partial charge in [0, 0.05) is 11.9 Å². The highest BCUT2D eigenvalue weighted by atomic mass is 35.5. The van der Waals surface area contributed by atoms with E-state index in [1.54, 1.807) is 0 Å². The number of hydrogen-bond acceptors (Lipinski definition) is 2. The molecule has 1 aromatic carbocycles. The number of nitrogens with one attached hydrogen (secondary N) is 1. The SMILES string of the molecule is CC(C)CC(Cl)CNS(=O)(=O)c1ccc(Cl)c(F)c1Cl. The molecule has 1 rings (SSSR count). The molecule has 20 heavy (non-hydrogen) atoms. The number of hydrogen-bond donors (Lipinski definition) is 1. The third-order valence-electron chi connectivity index (χ3n) is 2.51. The predicted octanol–water partition coefficient (Wildman–Crippen LogP) is 4.06. The molecule has 0 saturated carbocycles. The molecule has 3 nitrogen and oxygen atoms in total. The third kappa shape index (κ3) is 4.74. The van der Waals surface area contributed by atoms with Crippen LogP contribution in [0.2, 0.25) is 10.0 Å². The fourth-order valence-corrected chi connectivity index (χ4v) is 3.94. The van der Waals surface area contributed by atoms with E-state index in [1.165, 1.54) is 0 Å². The van der Waals surface area contributed by atoms with Crippen LogP contribution in [0.1, 0.15) is 20.3 Å². The zero-order valence-electron chi connectivity index (χ0n) is 11.0. The van der Waals surface area contributed by atoms with Crippen molar-refractivity contribution in [1.82, 2.24) is 4.72 Å². The number of sulfonamides is 1. The molecule has 1 N–H and O–H groups in total. The summed E-state index contributed by atoms with van der Waals surface area (Å²) >= 11 is 17.2. The molecule has 0 aromatic heterocycles. The van der Waals surface area contributed by atoms with E-state index in [2.05, 4.69) is 4.72 Å². The first kappa shape index (κ1) is 18.0. The summed E-state index contributed by atoms with van der Waals surface area (Å²) in [6.45, 7) is 4.01. The number of halogens is 4. The fourth-order valence-electron chi connectivity index (χ4n) is 1.59. The maximum Gasteiger partial charge on any atom is 0.242 e. The molecule has 0 spiro atoms. The molecular weight excluding hydrogens is 348 g/mol. The van der Waals surface area contributed by atoms with Gasteiger partial charge in [-0.2, -0.15) is 0 Å². The maximum absolute atomic E-state index is 13.5. The minimum atomic E-state index is -3.93. The van der Waals surface area contributed by atoms with Crippen molar-refractivity contribution in [1.29, 1.82) is 0 Å². The summed E-state index contributed by atoms with van der Waals surface area (Å²) in [7, 11) is -3.93. The van der Waals surface area contributed by atoms with Gasteiger partial charge in [0.25, 0.3) is 0 Å². The second-order valence-electron chi connectivity index (χ2n) is 4.75. The Balaban J connectivity index is 2.87. The Morgan fingerprint density at radius 3 is 2.45 bits per heavy atom. The molecule has 0 bridgehead atoms. The van der Waals surface area contributed by atoms with Crippen LogP contribution in [0, 0.1) is 11.7 Å². The van der Waals surface area contributed by atoms with Crippen LogP contribution in [-0.2, 0) is 10.0 Å². The predicted molar refractivity (Wildman–Crippen MR) is 80.7 cm³/mol. The van der Waals surface area contributed by atoms with Crippen molar-refractivity contribution in [3.8, 4) is 0 Å². The molecule has 1 aromatic rings. The first-order valence-electron chi connectivity index (χ1n) is 5.92.